The maximum Gasteiger partial charge on any atom is 0.116 e. The number of aromatic nitrogens is 2. The average Bonchev–Trinajstić information content (AvgIpc) is 2.91. The van der Waals surface area contributed by atoms with Crippen LogP contribution in [0.15, 0.2) is 35.4 Å². The second-order valence-corrected chi connectivity index (χ2v) is 5.60. The number of ether oxygens (including phenoxy) is 1. The number of thioether (sulfide) groups is 1. The molecule has 0 fully saturated rings. The summed E-state index contributed by atoms with van der Waals surface area (Å²) in [5, 5.41) is 3.30. The molecule has 4 nitrogen and oxygen atoms in total. The molecule has 2 aromatic rings. The Balaban J connectivity index is 1.79. The van der Waals surface area contributed by atoms with Crippen LogP contribution in [-0.2, 0) is 17.0 Å². The van der Waals surface area contributed by atoms with Crippen molar-refractivity contribution in [3.8, 4) is 0 Å². The summed E-state index contributed by atoms with van der Waals surface area (Å²) in [6.07, 6.45) is 1.90. The Bertz CT molecular complexity index is 527. The quantitative estimate of drug-likeness (QED) is 0.580. The van der Waals surface area contributed by atoms with Crippen molar-refractivity contribution in [2.75, 3.05) is 20.3 Å². The molecule has 1 aromatic carbocycles. The molecule has 108 valence electrons. The molecule has 0 saturated heterocycles. The molecule has 0 aliphatic heterocycles. The van der Waals surface area contributed by atoms with E-state index in [4.69, 9.17) is 4.74 Å². The van der Waals surface area contributed by atoms with Crippen molar-refractivity contribution in [3.05, 3.63) is 47.5 Å². The van der Waals surface area contributed by atoms with E-state index >= 15 is 0 Å². The van der Waals surface area contributed by atoms with Crippen LogP contribution >= 0.6 is 11.8 Å². The van der Waals surface area contributed by atoms with E-state index in [1.54, 1.807) is 7.11 Å². The lowest BCUT2D eigenvalue weighted by molar-refractivity contribution is 0.199. The number of rotatable bonds is 8. The van der Waals surface area contributed by atoms with Gasteiger partial charge in [0.25, 0.3) is 0 Å². The molecule has 0 spiro atoms. The van der Waals surface area contributed by atoms with E-state index in [0.717, 1.165) is 37.0 Å². The van der Waals surface area contributed by atoms with Gasteiger partial charge in [-0.05, 0) is 18.6 Å². The molecule has 0 bridgehead atoms. The van der Waals surface area contributed by atoms with Crippen LogP contribution in [0.5, 0.6) is 0 Å². The largest absolute Gasteiger partial charge is 0.383 e. The zero-order valence-electron chi connectivity index (χ0n) is 12.0. The predicted octanol–water partition coefficient (Wildman–Crippen LogP) is 2.75. The van der Waals surface area contributed by atoms with Gasteiger partial charge in [-0.25, -0.2) is 4.98 Å². The second-order valence-electron chi connectivity index (χ2n) is 4.58. The van der Waals surface area contributed by atoms with Gasteiger partial charge in [-0.15, -0.1) is 11.8 Å². The van der Waals surface area contributed by atoms with Crippen molar-refractivity contribution in [2.24, 2.45) is 0 Å². The molecule has 0 amide bonds. The molecular formula is C15H21N3OS. The Morgan fingerprint density at radius 1 is 1.35 bits per heavy atom. The molecule has 2 N–H and O–H groups in total. The minimum Gasteiger partial charge on any atom is -0.383 e. The van der Waals surface area contributed by atoms with Gasteiger partial charge < -0.3 is 15.0 Å². The van der Waals surface area contributed by atoms with Gasteiger partial charge in [-0.1, -0.05) is 18.2 Å². The summed E-state index contributed by atoms with van der Waals surface area (Å²) in [4.78, 5) is 9.07. The van der Waals surface area contributed by atoms with Gasteiger partial charge in [-0.3, -0.25) is 0 Å². The fourth-order valence-corrected chi connectivity index (χ4v) is 2.74. The Hall–Kier alpha value is -1.30. The number of aryl methyl sites for hydroxylation is 1. The molecule has 0 unspecified atom stereocenters. The van der Waals surface area contributed by atoms with Gasteiger partial charge in [0.1, 0.15) is 5.82 Å². The zero-order chi connectivity index (χ0) is 14.2. The van der Waals surface area contributed by atoms with Crippen LogP contribution < -0.4 is 5.32 Å². The van der Waals surface area contributed by atoms with Crippen molar-refractivity contribution in [3.63, 3.8) is 0 Å². The topological polar surface area (TPSA) is 49.9 Å². The van der Waals surface area contributed by atoms with Gasteiger partial charge in [0.05, 0.1) is 12.4 Å². The molecule has 1 aromatic heterocycles. The van der Waals surface area contributed by atoms with Gasteiger partial charge in [0.15, 0.2) is 0 Å². The fourth-order valence-electron chi connectivity index (χ4n) is 1.83. The van der Waals surface area contributed by atoms with Crippen LogP contribution in [0.25, 0.3) is 0 Å². The number of nitrogens with zero attached hydrogens (tertiary/aromatic N) is 1. The molecular weight excluding hydrogens is 270 g/mol. The van der Waals surface area contributed by atoms with Crippen molar-refractivity contribution in [2.45, 2.75) is 24.1 Å². The van der Waals surface area contributed by atoms with E-state index in [1.807, 2.05) is 18.0 Å². The summed E-state index contributed by atoms with van der Waals surface area (Å²) in [6.45, 7) is 4.51. The zero-order valence-corrected chi connectivity index (χ0v) is 12.8. The third-order valence-electron chi connectivity index (χ3n) is 2.94. The fraction of sp³-hybridized carbons (Fsp3) is 0.400. The Morgan fingerprint density at radius 2 is 2.20 bits per heavy atom. The molecule has 1 heterocycles. The van der Waals surface area contributed by atoms with Gasteiger partial charge in [0.2, 0.25) is 0 Å². The van der Waals surface area contributed by atoms with Crippen molar-refractivity contribution in [1.29, 1.82) is 0 Å². The van der Waals surface area contributed by atoms with Gasteiger partial charge >= 0.3 is 0 Å². The number of benzene rings is 1. The number of aromatic amines is 1. The third-order valence-corrected chi connectivity index (χ3v) is 4.12. The van der Waals surface area contributed by atoms with Gasteiger partial charge in [-0.2, -0.15) is 0 Å². The first kappa shape index (κ1) is 15.1. The van der Waals surface area contributed by atoms with Crippen LogP contribution in [0.3, 0.4) is 0 Å². The van der Waals surface area contributed by atoms with Crippen LogP contribution in [0, 0.1) is 6.92 Å². The van der Waals surface area contributed by atoms with Crippen LogP contribution in [0.2, 0.25) is 0 Å². The van der Waals surface area contributed by atoms with Crippen LogP contribution in [0.4, 0.5) is 0 Å². The first-order valence-electron chi connectivity index (χ1n) is 6.70. The summed E-state index contributed by atoms with van der Waals surface area (Å²) >= 11 is 1.81. The first-order chi connectivity index (χ1) is 9.79. The molecule has 0 aliphatic carbocycles. The minimum atomic E-state index is 0.726. The Labute approximate surface area is 124 Å². The van der Waals surface area contributed by atoms with E-state index in [1.165, 1.54) is 10.5 Å². The number of nitrogens with one attached hydrogen (secondary N) is 2. The standard InChI is InChI=1S/C15H21N3OS/c1-12-5-3-4-6-14(12)20-11-15-17-10-13(18-15)9-16-7-8-19-2/h3-6,10,16H,7-9,11H2,1-2H3,(H,17,18). The minimum absolute atomic E-state index is 0.726. The summed E-state index contributed by atoms with van der Waals surface area (Å²) in [5.41, 5.74) is 2.42. The van der Waals surface area contributed by atoms with E-state index in [2.05, 4.69) is 46.5 Å². The number of imidazole rings is 1. The van der Waals surface area contributed by atoms with Crippen molar-refractivity contribution in [1.82, 2.24) is 15.3 Å². The Kier molecular flexibility index (Phi) is 6.11. The SMILES string of the molecule is COCCNCc1cnc(CSc2ccccc2C)[nH]1. The predicted molar refractivity (Wildman–Crippen MR) is 82.9 cm³/mol. The normalized spacial score (nSPS) is 10.9. The third kappa shape index (κ3) is 4.67. The maximum absolute atomic E-state index is 4.99. The second kappa shape index (κ2) is 8.09. The molecule has 0 saturated carbocycles. The molecule has 2 rings (SSSR count). The monoisotopic (exact) mass is 291 g/mol. The van der Waals surface area contributed by atoms with Crippen molar-refractivity contribution < 1.29 is 4.74 Å². The van der Waals surface area contributed by atoms with Crippen LogP contribution in [-0.4, -0.2) is 30.2 Å². The lowest BCUT2D eigenvalue weighted by atomic mass is 10.2. The smallest absolute Gasteiger partial charge is 0.116 e. The highest BCUT2D eigenvalue weighted by Crippen LogP contribution is 2.24. The van der Waals surface area contributed by atoms with Crippen LogP contribution in [0.1, 0.15) is 17.1 Å². The van der Waals surface area contributed by atoms with E-state index in [9.17, 15) is 0 Å². The van der Waals surface area contributed by atoms with E-state index in [-0.39, 0.29) is 0 Å². The highest BCUT2D eigenvalue weighted by molar-refractivity contribution is 7.98. The first-order valence-corrected chi connectivity index (χ1v) is 7.69. The highest BCUT2D eigenvalue weighted by atomic mass is 32.2. The van der Waals surface area contributed by atoms with E-state index < -0.39 is 0 Å². The van der Waals surface area contributed by atoms with E-state index in [0.29, 0.717) is 0 Å². The molecule has 5 heteroatoms. The average molecular weight is 291 g/mol. The maximum atomic E-state index is 4.99. The summed E-state index contributed by atoms with van der Waals surface area (Å²) in [6, 6.07) is 8.42. The molecule has 0 aliphatic rings. The molecule has 20 heavy (non-hydrogen) atoms. The summed E-state index contributed by atoms with van der Waals surface area (Å²) in [5.74, 6) is 1.88. The lowest BCUT2D eigenvalue weighted by Gasteiger charge is -2.03. The number of methoxy groups -OCH3 is 1. The molecule has 0 radical (unpaired) electrons. The number of hydrogen-bond donors (Lipinski definition) is 2. The lowest BCUT2D eigenvalue weighted by Crippen LogP contribution is -2.18. The van der Waals surface area contributed by atoms with Gasteiger partial charge in [0, 0.05) is 37.0 Å². The number of hydrogen-bond acceptors (Lipinski definition) is 4. The molecule has 0 atom stereocenters. The Morgan fingerprint density at radius 3 is 3.00 bits per heavy atom. The number of H-pyrrole nitrogens is 1. The van der Waals surface area contributed by atoms with Crippen molar-refractivity contribution >= 4 is 11.8 Å². The summed E-state index contributed by atoms with van der Waals surface area (Å²) in [7, 11) is 1.71. The summed E-state index contributed by atoms with van der Waals surface area (Å²) < 4.78 is 4.99. The highest BCUT2D eigenvalue weighted by Gasteiger charge is 2.03.